The van der Waals surface area contributed by atoms with Crippen molar-refractivity contribution in [1.82, 2.24) is 0 Å². The molecular formula is C38H48Si. The van der Waals surface area contributed by atoms with Crippen LogP contribution in [0.1, 0.15) is 84.6 Å². The SMILES string of the molecule is CC(C)(C)C1=CC([Si](C)(C)c2c(C(C)(C)C)cc(-c3ccccc3)c3c2Cc2cc(C(C)(C)C)ccc2-3)C=C1. The summed E-state index contributed by atoms with van der Waals surface area (Å²) < 4.78 is 0. The fraction of sp³-hybridized carbons (Fsp3) is 0.421. The molecule has 3 aromatic carbocycles. The molecule has 0 saturated heterocycles. The second-order valence-electron chi connectivity index (χ2n) is 15.6. The molecule has 0 heterocycles. The zero-order chi connectivity index (χ0) is 28.5. The molecular weight excluding hydrogens is 485 g/mol. The van der Waals surface area contributed by atoms with Gasteiger partial charge in [0.05, 0.1) is 8.07 Å². The standard InChI is InChI=1S/C38H48Si/c1-36(2,3)27-18-20-30-26(21-27)22-32-34(30)31(25-15-13-12-14-16-25)24-33(38(7,8)9)35(32)39(10,11)29-19-17-28(23-29)37(4,5)6/h12-21,23-24,29H,22H2,1-11H3. The van der Waals surface area contributed by atoms with Gasteiger partial charge in [-0.2, -0.15) is 0 Å². The Labute approximate surface area is 239 Å². The van der Waals surface area contributed by atoms with Gasteiger partial charge in [-0.05, 0) is 78.3 Å². The van der Waals surface area contributed by atoms with Crippen LogP contribution >= 0.6 is 0 Å². The second kappa shape index (κ2) is 9.20. The van der Waals surface area contributed by atoms with Gasteiger partial charge < -0.3 is 0 Å². The minimum Gasteiger partial charge on any atom is -0.0797 e. The van der Waals surface area contributed by atoms with E-state index in [1.807, 2.05) is 0 Å². The highest BCUT2D eigenvalue weighted by Crippen LogP contribution is 2.48. The van der Waals surface area contributed by atoms with E-state index < -0.39 is 8.07 Å². The van der Waals surface area contributed by atoms with E-state index in [4.69, 9.17) is 0 Å². The molecule has 0 spiro atoms. The van der Waals surface area contributed by atoms with E-state index >= 15 is 0 Å². The molecule has 1 heteroatoms. The van der Waals surface area contributed by atoms with Crippen molar-refractivity contribution in [2.24, 2.45) is 5.41 Å². The first-order valence-corrected chi connectivity index (χ1v) is 17.9. The van der Waals surface area contributed by atoms with Gasteiger partial charge in [-0.25, -0.2) is 0 Å². The largest absolute Gasteiger partial charge is 0.0919 e. The van der Waals surface area contributed by atoms with E-state index in [0.29, 0.717) is 5.54 Å². The second-order valence-corrected chi connectivity index (χ2v) is 20.2. The molecule has 0 nitrogen and oxygen atoms in total. The summed E-state index contributed by atoms with van der Waals surface area (Å²) in [6, 6.07) is 21.0. The van der Waals surface area contributed by atoms with E-state index in [1.165, 1.54) is 39.0 Å². The van der Waals surface area contributed by atoms with Gasteiger partial charge in [0.25, 0.3) is 0 Å². The van der Waals surface area contributed by atoms with E-state index in [0.717, 1.165) is 6.42 Å². The molecule has 1 atom stereocenters. The Balaban J connectivity index is 1.82. The summed E-state index contributed by atoms with van der Waals surface area (Å²) in [5.74, 6) is 0. The molecule has 0 bridgehead atoms. The maximum absolute atomic E-state index is 2.63. The highest BCUT2D eigenvalue weighted by molar-refractivity contribution is 6.92. The predicted octanol–water partition coefficient (Wildman–Crippen LogP) is 10.3. The third kappa shape index (κ3) is 4.93. The van der Waals surface area contributed by atoms with Crippen LogP contribution in [0.3, 0.4) is 0 Å². The molecule has 1 unspecified atom stereocenters. The summed E-state index contributed by atoms with van der Waals surface area (Å²) in [7, 11) is -1.95. The minimum atomic E-state index is -1.95. The minimum absolute atomic E-state index is 0.0579. The number of rotatable bonds is 3. The summed E-state index contributed by atoms with van der Waals surface area (Å²) >= 11 is 0. The molecule has 5 rings (SSSR count). The molecule has 0 saturated carbocycles. The first-order valence-electron chi connectivity index (χ1n) is 14.8. The summed E-state index contributed by atoms with van der Waals surface area (Å²) in [6.07, 6.45) is 8.59. The van der Waals surface area contributed by atoms with E-state index in [2.05, 4.69) is 148 Å². The molecule has 204 valence electrons. The van der Waals surface area contributed by atoms with Crippen LogP contribution < -0.4 is 5.19 Å². The topological polar surface area (TPSA) is 0 Å². The third-order valence-electron chi connectivity index (χ3n) is 9.12. The lowest BCUT2D eigenvalue weighted by Gasteiger charge is -2.37. The highest BCUT2D eigenvalue weighted by Gasteiger charge is 2.42. The average molecular weight is 533 g/mol. The smallest absolute Gasteiger partial charge is 0.0797 e. The zero-order valence-corrected chi connectivity index (χ0v) is 27.2. The molecule has 0 aliphatic heterocycles. The van der Waals surface area contributed by atoms with Gasteiger partial charge in [0, 0.05) is 0 Å². The number of fused-ring (bicyclic) bond motifs is 3. The van der Waals surface area contributed by atoms with Gasteiger partial charge in [-0.3, -0.25) is 0 Å². The van der Waals surface area contributed by atoms with Gasteiger partial charge >= 0.3 is 0 Å². The van der Waals surface area contributed by atoms with Crippen molar-refractivity contribution in [3.05, 3.63) is 101 Å². The monoisotopic (exact) mass is 532 g/mol. The molecule has 0 radical (unpaired) electrons. The quantitative estimate of drug-likeness (QED) is 0.230. The number of benzene rings is 3. The van der Waals surface area contributed by atoms with Crippen LogP contribution in [0.2, 0.25) is 18.6 Å². The number of hydrogen-bond donors (Lipinski definition) is 0. The van der Waals surface area contributed by atoms with Crippen LogP contribution in [0.25, 0.3) is 22.3 Å². The fourth-order valence-electron chi connectivity index (χ4n) is 6.66. The lowest BCUT2D eigenvalue weighted by atomic mass is 9.81. The van der Waals surface area contributed by atoms with Gasteiger partial charge in [0.2, 0.25) is 0 Å². The Kier molecular flexibility index (Phi) is 6.58. The molecule has 0 amide bonds. The van der Waals surface area contributed by atoms with Crippen LogP contribution in [0, 0.1) is 5.41 Å². The van der Waals surface area contributed by atoms with Crippen LogP contribution in [0.15, 0.2) is 78.4 Å². The average Bonchev–Trinajstić information content (AvgIpc) is 3.48. The normalized spacial score (nSPS) is 17.3. The maximum atomic E-state index is 2.63. The number of allylic oxidation sites excluding steroid dienone is 4. The Bertz CT molecular complexity index is 1470. The summed E-state index contributed by atoms with van der Waals surface area (Å²) in [5, 5.41) is 1.69. The molecule has 2 aliphatic carbocycles. The first kappa shape index (κ1) is 27.9. The van der Waals surface area contributed by atoms with Crippen LogP contribution in [-0.4, -0.2) is 8.07 Å². The summed E-state index contributed by atoms with van der Waals surface area (Å²) in [6.45, 7) is 26.5. The van der Waals surface area contributed by atoms with Gasteiger partial charge in [-0.15, -0.1) is 0 Å². The van der Waals surface area contributed by atoms with E-state index in [-0.39, 0.29) is 16.2 Å². The Morgan fingerprint density at radius 2 is 1.38 bits per heavy atom. The Hall–Kier alpha value is -2.64. The summed E-state index contributed by atoms with van der Waals surface area (Å²) in [5.41, 5.74) is 14.1. The molecule has 39 heavy (non-hydrogen) atoms. The van der Waals surface area contributed by atoms with E-state index in [9.17, 15) is 0 Å². The lowest BCUT2D eigenvalue weighted by Crippen LogP contribution is -2.50. The van der Waals surface area contributed by atoms with Crippen molar-refractivity contribution < 1.29 is 0 Å². The van der Waals surface area contributed by atoms with Crippen molar-refractivity contribution in [2.75, 3.05) is 0 Å². The molecule has 3 aromatic rings. The van der Waals surface area contributed by atoms with Crippen molar-refractivity contribution in [3.8, 4) is 22.3 Å². The van der Waals surface area contributed by atoms with Crippen LogP contribution in [0.4, 0.5) is 0 Å². The lowest BCUT2D eigenvalue weighted by molar-refractivity contribution is 0.518. The van der Waals surface area contributed by atoms with Crippen molar-refractivity contribution >= 4 is 13.3 Å². The van der Waals surface area contributed by atoms with Crippen LogP contribution in [0.5, 0.6) is 0 Å². The molecule has 2 aliphatic rings. The van der Waals surface area contributed by atoms with Crippen molar-refractivity contribution in [2.45, 2.75) is 98.2 Å². The van der Waals surface area contributed by atoms with Crippen molar-refractivity contribution in [1.29, 1.82) is 0 Å². The third-order valence-corrected chi connectivity index (χ3v) is 13.0. The molecule has 0 fully saturated rings. The van der Waals surface area contributed by atoms with Crippen molar-refractivity contribution in [3.63, 3.8) is 0 Å². The summed E-state index contributed by atoms with van der Waals surface area (Å²) in [4.78, 5) is 0. The van der Waals surface area contributed by atoms with E-state index in [1.54, 1.807) is 16.3 Å². The first-order chi connectivity index (χ1) is 18.0. The van der Waals surface area contributed by atoms with Gasteiger partial charge in [0.1, 0.15) is 0 Å². The molecule has 0 N–H and O–H groups in total. The highest BCUT2D eigenvalue weighted by atomic mass is 28.3. The van der Waals surface area contributed by atoms with Gasteiger partial charge in [-0.1, -0.05) is 153 Å². The maximum Gasteiger partial charge on any atom is 0.0919 e. The zero-order valence-electron chi connectivity index (χ0n) is 26.2. The predicted molar refractivity (Wildman–Crippen MR) is 175 cm³/mol. The van der Waals surface area contributed by atoms with Crippen LogP contribution in [-0.2, 0) is 17.3 Å². The Morgan fingerprint density at radius 1 is 0.718 bits per heavy atom. The Morgan fingerprint density at radius 3 is 1.95 bits per heavy atom. The van der Waals surface area contributed by atoms with Gasteiger partial charge in [0.15, 0.2) is 0 Å². The fourth-order valence-corrected chi connectivity index (χ4v) is 10.3. The number of hydrogen-bond acceptors (Lipinski definition) is 0. The molecule has 0 aromatic heterocycles.